The number of aromatic nitrogens is 2. The van der Waals surface area contributed by atoms with Crippen LogP contribution < -0.4 is 10.5 Å². The van der Waals surface area contributed by atoms with Gasteiger partial charge < -0.3 is 10.5 Å². The van der Waals surface area contributed by atoms with Gasteiger partial charge >= 0.3 is 0 Å². The molecule has 0 spiro atoms. The first kappa shape index (κ1) is 15.3. The minimum Gasteiger partial charge on any atom is -0.439 e. The Hall–Kier alpha value is -1.08. The van der Waals surface area contributed by atoms with Crippen LogP contribution in [-0.4, -0.2) is 15.8 Å². The van der Waals surface area contributed by atoms with E-state index in [0.717, 1.165) is 35.7 Å². The van der Waals surface area contributed by atoms with Gasteiger partial charge in [0.05, 0.1) is 5.69 Å². The molecule has 1 unspecified atom stereocenters. The number of halogens is 1. The fourth-order valence-electron chi connectivity index (χ4n) is 2.06. The fourth-order valence-corrected chi connectivity index (χ4v) is 2.42. The van der Waals surface area contributed by atoms with Gasteiger partial charge in [-0.3, -0.25) is 0 Å². The molecule has 0 aliphatic rings. The molecule has 4 nitrogen and oxygen atoms in total. The van der Waals surface area contributed by atoms with Crippen LogP contribution in [0.1, 0.15) is 24.6 Å². The quantitative estimate of drug-likeness (QED) is 0.803. The number of hydrogen-bond acceptors (Lipinski definition) is 3. The van der Waals surface area contributed by atoms with E-state index in [2.05, 4.69) is 34.6 Å². The first-order chi connectivity index (χ1) is 9.51. The molecule has 1 aromatic heterocycles. The SMILES string of the molecule is CCC(N)Cc1c(C)nn(C)c1Oc1ccc(I)cc1. The van der Waals surface area contributed by atoms with Gasteiger partial charge in [-0.15, -0.1) is 0 Å². The Kier molecular flexibility index (Phi) is 5.04. The van der Waals surface area contributed by atoms with E-state index in [9.17, 15) is 0 Å². The first-order valence-corrected chi connectivity index (χ1v) is 7.80. The van der Waals surface area contributed by atoms with Gasteiger partial charge in [0.15, 0.2) is 0 Å². The molecule has 2 rings (SSSR count). The van der Waals surface area contributed by atoms with Crippen LogP contribution in [0.15, 0.2) is 24.3 Å². The summed E-state index contributed by atoms with van der Waals surface area (Å²) in [5, 5.41) is 4.45. The van der Waals surface area contributed by atoms with Crippen molar-refractivity contribution < 1.29 is 4.74 Å². The lowest BCUT2D eigenvalue weighted by molar-refractivity contribution is 0.423. The minimum atomic E-state index is 0.136. The second-order valence-electron chi connectivity index (χ2n) is 4.92. The number of nitrogens with two attached hydrogens (primary N) is 1. The first-order valence-electron chi connectivity index (χ1n) is 6.72. The average Bonchev–Trinajstić information content (AvgIpc) is 2.68. The molecule has 0 aliphatic carbocycles. The van der Waals surface area contributed by atoms with Gasteiger partial charge in [0.25, 0.3) is 0 Å². The highest BCUT2D eigenvalue weighted by atomic mass is 127. The van der Waals surface area contributed by atoms with Crippen LogP contribution in [-0.2, 0) is 13.5 Å². The highest BCUT2D eigenvalue weighted by Gasteiger charge is 2.17. The molecule has 2 N–H and O–H groups in total. The summed E-state index contributed by atoms with van der Waals surface area (Å²) in [6, 6.07) is 8.12. The summed E-state index contributed by atoms with van der Waals surface area (Å²) >= 11 is 2.28. The van der Waals surface area contributed by atoms with E-state index in [4.69, 9.17) is 10.5 Å². The number of rotatable bonds is 5. The van der Waals surface area contributed by atoms with Gasteiger partial charge in [-0.05, 0) is 66.6 Å². The van der Waals surface area contributed by atoms with Crippen molar-refractivity contribution in [2.75, 3.05) is 0 Å². The summed E-state index contributed by atoms with van der Waals surface area (Å²) < 4.78 is 8.97. The van der Waals surface area contributed by atoms with E-state index in [1.807, 2.05) is 38.2 Å². The molecule has 5 heteroatoms. The molecular formula is C15H20IN3O. The zero-order valence-electron chi connectivity index (χ0n) is 12.1. The number of nitrogens with zero attached hydrogens (tertiary/aromatic N) is 2. The van der Waals surface area contributed by atoms with Crippen molar-refractivity contribution in [3.8, 4) is 11.6 Å². The molecule has 1 heterocycles. The monoisotopic (exact) mass is 385 g/mol. The molecule has 0 amide bonds. The molecular weight excluding hydrogens is 365 g/mol. The van der Waals surface area contributed by atoms with Crippen molar-refractivity contribution in [2.24, 2.45) is 12.8 Å². The van der Waals surface area contributed by atoms with Crippen LogP contribution in [0.5, 0.6) is 11.6 Å². The highest BCUT2D eigenvalue weighted by molar-refractivity contribution is 14.1. The standard InChI is InChI=1S/C15H20IN3O/c1-4-12(17)9-14-10(2)18-19(3)15(14)20-13-7-5-11(16)6-8-13/h5-8,12H,4,9,17H2,1-3H3. The summed E-state index contributed by atoms with van der Waals surface area (Å²) in [5.41, 5.74) is 8.15. The minimum absolute atomic E-state index is 0.136. The van der Waals surface area contributed by atoms with Gasteiger partial charge in [-0.1, -0.05) is 6.92 Å². The number of benzene rings is 1. The van der Waals surface area contributed by atoms with Crippen molar-refractivity contribution in [3.05, 3.63) is 39.1 Å². The van der Waals surface area contributed by atoms with Crippen LogP contribution in [0.4, 0.5) is 0 Å². The maximum Gasteiger partial charge on any atom is 0.221 e. The predicted octanol–water partition coefficient (Wildman–Crippen LogP) is 3.41. The van der Waals surface area contributed by atoms with E-state index in [1.165, 1.54) is 3.57 Å². The van der Waals surface area contributed by atoms with Crippen LogP contribution in [0.3, 0.4) is 0 Å². The number of aryl methyl sites for hydroxylation is 2. The van der Waals surface area contributed by atoms with E-state index in [0.29, 0.717) is 0 Å². The van der Waals surface area contributed by atoms with Crippen LogP contribution in [0.25, 0.3) is 0 Å². The van der Waals surface area contributed by atoms with Crippen molar-refractivity contribution in [1.29, 1.82) is 0 Å². The smallest absolute Gasteiger partial charge is 0.221 e. The Labute approximate surface area is 133 Å². The molecule has 2 aromatic rings. The van der Waals surface area contributed by atoms with E-state index in [1.54, 1.807) is 4.68 Å². The van der Waals surface area contributed by atoms with Crippen molar-refractivity contribution >= 4 is 22.6 Å². The molecule has 20 heavy (non-hydrogen) atoms. The van der Waals surface area contributed by atoms with Gasteiger partial charge in [-0.25, -0.2) is 4.68 Å². The van der Waals surface area contributed by atoms with Crippen LogP contribution in [0, 0.1) is 10.5 Å². The topological polar surface area (TPSA) is 53.1 Å². The third kappa shape index (κ3) is 3.52. The Morgan fingerprint density at radius 1 is 1.35 bits per heavy atom. The lowest BCUT2D eigenvalue weighted by Gasteiger charge is -2.12. The lowest BCUT2D eigenvalue weighted by atomic mass is 10.1. The second kappa shape index (κ2) is 6.58. The van der Waals surface area contributed by atoms with Gasteiger partial charge in [0.2, 0.25) is 5.88 Å². The second-order valence-corrected chi connectivity index (χ2v) is 6.17. The zero-order valence-corrected chi connectivity index (χ0v) is 14.2. The maximum absolute atomic E-state index is 6.07. The number of ether oxygens (including phenoxy) is 1. The summed E-state index contributed by atoms with van der Waals surface area (Å²) in [7, 11) is 1.90. The van der Waals surface area contributed by atoms with Gasteiger partial charge in [0.1, 0.15) is 5.75 Å². The van der Waals surface area contributed by atoms with E-state index in [-0.39, 0.29) is 6.04 Å². The Balaban J connectivity index is 2.28. The molecule has 0 bridgehead atoms. The average molecular weight is 385 g/mol. The van der Waals surface area contributed by atoms with Gasteiger partial charge in [0, 0.05) is 22.2 Å². The highest BCUT2D eigenvalue weighted by Crippen LogP contribution is 2.28. The largest absolute Gasteiger partial charge is 0.439 e. The van der Waals surface area contributed by atoms with Gasteiger partial charge in [-0.2, -0.15) is 5.10 Å². The summed E-state index contributed by atoms with van der Waals surface area (Å²) in [4.78, 5) is 0. The molecule has 0 fully saturated rings. The fraction of sp³-hybridized carbons (Fsp3) is 0.400. The molecule has 1 atom stereocenters. The molecule has 0 saturated heterocycles. The summed E-state index contributed by atoms with van der Waals surface area (Å²) in [5.74, 6) is 1.60. The normalized spacial score (nSPS) is 12.4. The molecule has 1 aromatic carbocycles. The predicted molar refractivity (Wildman–Crippen MR) is 89.1 cm³/mol. The molecule has 0 radical (unpaired) electrons. The Morgan fingerprint density at radius 2 is 2.00 bits per heavy atom. The summed E-state index contributed by atoms with van der Waals surface area (Å²) in [6.45, 7) is 4.09. The summed E-state index contributed by atoms with van der Waals surface area (Å²) in [6.07, 6.45) is 1.73. The molecule has 0 aliphatic heterocycles. The van der Waals surface area contributed by atoms with Crippen molar-refractivity contribution in [2.45, 2.75) is 32.7 Å². The Bertz CT molecular complexity index is 578. The lowest BCUT2D eigenvalue weighted by Crippen LogP contribution is -2.21. The molecule has 0 saturated carbocycles. The van der Waals surface area contributed by atoms with E-state index < -0.39 is 0 Å². The maximum atomic E-state index is 6.07. The molecule has 108 valence electrons. The van der Waals surface area contributed by atoms with Crippen molar-refractivity contribution in [3.63, 3.8) is 0 Å². The van der Waals surface area contributed by atoms with Crippen molar-refractivity contribution in [1.82, 2.24) is 9.78 Å². The third-order valence-electron chi connectivity index (χ3n) is 3.31. The third-order valence-corrected chi connectivity index (χ3v) is 4.03. The van der Waals surface area contributed by atoms with E-state index >= 15 is 0 Å². The Morgan fingerprint density at radius 3 is 2.60 bits per heavy atom. The van der Waals surface area contributed by atoms with Crippen LogP contribution in [0.2, 0.25) is 0 Å². The number of hydrogen-bond donors (Lipinski definition) is 1. The zero-order chi connectivity index (χ0) is 14.7. The van der Waals surface area contributed by atoms with Crippen LogP contribution >= 0.6 is 22.6 Å².